The molecule has 0 aliphatic carbocycles. The van der Waals surface area contributed by atoms with E-state index in [1.54, 1.807) is 30.1 Å². The van der Waals surface area contributed by atoms with Gasteiger partial charge in [-0.2, -0.15) is 10.4 Å². The number of nitrogens with zero attached hydrogens (tertiary/aromatic N) is 6. The van der Waals surface area contributed by atoms with Gasteiger partial charge in [-0.15, -0.1) is 5.10 Å². The van der Waals surface area contributed by atoms with Gasteiger partial charge in [0, 0.05) is 31.4 Å². The van der Waals surface area contributed by atoms with Crippen LogP contribution in [0.4, 0.5) is 5.82 Å². The van der Waals surface area contributed by atoms with Crippen molar-refractivity contribution >= 4 is 5.82 Å². The summed E-state index contributed by atoms with van der Waals surface area (Å²) in [5.41, 5.74) is 1.25. The molecule has 0 radical (unpaired) electrons. The van der Waals surface area contributed by atoms with E-state index in [1.807, 2.05) is 0 Å². The Morgan fingerprint density at radius 1 is 1.39 bits per heavy atom. The van der Waals surface area contributed by atoms with E-state index in [4.69, 9.17) is 5.26 Å². The predicted octanol–water partition coefficient (Wildman–Crippen LogP) is 1.13. The predicted molar refractivity (Wildman–Crippen MR) is 84.9 cm³/mol. The van der Waals surface area contributed by atoms with Gasteiger partial charge in [0.2, 0.25) is 0 Å². The third-order valence-corrected chi connectivity index (χ3v) is 4.26. The van der Waals surface area contributed by atoms with Crippen molar-refractivity contribution in [3.63, 3.8) is 0 Å². The summed E-state index contributed by atoms with van der Waals surface area (Å²) in [6, 6.07) is 3.85. The summed E-state index contributed by atoms with van der Waals surface area (Å²) >= 11 is 0. The van der Waals surface area contributed by atoms with E-state index in [0.717, 1.165) is 25.9 Å². The highest BCUT2D eigenvalue weighted by atomic mass is 16.1. The lowest BCUT2D eigenvalue weighted by atomic mass is 9.96. The largest absolute Gasteiger partial charge is 0.354 e. The van der Waals surface area contributed by atoms with Gasteiger partial charge < -0.3 is 4.90 Å². The van der Waals surface area contributed by atoms with Gasteiger partial charge in [0.15, 0.2) is 5.82 Å². The zero-order valence-electron chi connectivity index (χ0n) is 13.0. The molecule has 3 heterocycles. The molecule has 7 nitrogen and oxygen atoms in total. The topological polar surface area (TPSA) is 87.7 Å². The van der Waals surface area contributed by atoms with Crippen LogP contribution in [0.25, 0.3) is 0 Å². The zero-order chi connectivity index (χ0) is 16.2. The van der Waals surface area contributed by atoms with Crippen molar-refractivity contribution in [3.05, 3.63) is 46.3 Å². The minimum Gasteiger partial charge on any atom is -0.354 e. The fourth-order valence-corrected chi connectivity index (χ4v) is 2.94. The maximum Gasteiger partial charge on any atom is 0.256 e. The second-order valence-corrected chi connectivity index (χ2v) is 5.84. The first-order chi connectivity index (χ1) is 11.2. The Morgan fingerprint density at radius 3 is 2.91 bits per heavy atom. The van der Waals surface area contributed by atoms with Crippen LogP contribution in [0.2, 0.25) is 0 Å². The van der Waals surface area contributed by atoms with Crippen molar-refractivity contribution in [2.75, 3.05) is 18.0 Å². The maximum absolute atomic E-state index is 12.1. The van der Waals surface area contributed by atoms with Crippen LogP contribution in [0.1, 0.15) is 24.0 Å². The molecule has 0 unspecified atom stereocenters. The Bertz CT molecular complexity index is 786. The van der Waals surface area contributed by atoms with Crippen molar-refractivity contribution < 1.29 is 0 Å². The monoisotopic (exact) mass is 310 g/mol. The van der Waals surface area contributed by atoms with E-state index in [9.17, 15) is 4.79 Å². The third kappa shape index (κ3) is 3.21. The summed E-state index contributed by atoms with van der Waals surface area (Å²) < 4.78 is 1.69. The Kier molecular flexibility index (Phi) is 4.33. The summed E-state index contributed by atoms with van der Waals surface area (Å²) in [4.78, 5) is 18.3. The van der Waals surface area contributed by atoms with Crippen LogP contribution >= 0.6 is 0 Å². The SMILES string of the molecule is Cc1cncn(CC2CCN(c3nnccc3C#N)CC2)c1=O. The fourth-order valence-electron chi connectivity index (χ4n) is 2.94. The summed E-state index contributed by atoms with van der Waals surface area (Å²) in [6.45, 7) is 4.09. The normalized spacial score (nSPS) is 15.4. The van der Waals surface area contributed by atoms with E-state index in [-0.39, 0.29) is 5.56 Å². The Hall–Kier alpha value is -2.75. The minimum absolute atomic E-state index is 0.0307. The van der Waals surface area contributed by atoms with Gasteiger partial charge in [0.1, 0.15) is 6.07 Å². The Balaban J connectivity index is 1.66. The molecule has 1 saturated heterocycles. The molecule has 0 amide bonds. The smallest absolute Gasteiger partial charge is 0.256 e. The first-order valence-corrected chi connectivity index (χ1v) is 7.67. The van der Waals surface area contributed by atoms with Crippen molar-refractivity contribution in [1.29, 1.82) is 5.26 Å². The lowest BCUT2D eigenvalue weighted by Gasteiger charge is -2.33. The molecule has 23 heavy (non-hydrogen) atoms. The molecule has 0 bridgehead atoms. The molecule has 3 rings (SSSR count). The fraction of sp³-hybridized carbons (Fsp3) is 0.438. The molecule has 118 valence electrons. The summed E-state index contributed by atoms with van der Waals surface area (Å²) in [5, 5.41) is 17.1. The maximum atomic E-state index is 12.1. The van der Waals surface area contributed by atoms with Crippen molar-refractivity contribution in [2.45, 2.75) is 26.3 Å². The number of nitriles is 1. The van der Waals surface area contributed by atoms with Gasteiger partial charge in [0.25, 0.3) is 5.56 Å². The molecular formula is C16H18N6O. The number of aromatic nitrogens is 4. The number of hydrogen-bond acceptors (Lipinski definition) is 6. The lowest BCUT2D eigenvalue weighted by Crippen LogP contribution is -2.37. The highest BCUT2D eigenvalue weighted by Gasteiger charge is 2.22. The zero-order valence-corrected chi connectivity index (χ0v) is 13.0. The molecule has 0 atom stereocenters. The molecule has 0 N–H and O–H groups in total. The first-order valence-electron chi connectivity index (χ1n) is 7.67. The van der Waals surface area contributed by atoms with E-state index >= 15 is 0 Å². The van der Waals surface area contributed by atoms with Crippen molar-refractivity contribution in [1.82, 2.24) is 19.7 Å². The third-order valence-electron chi connectivity index (χ3n) is 4.26. The Morgan fingerprint density at radius 2 is 2.17 bits per heavy atom. The van der Waals surface area contributed by atoms with Crippen molar-refractivity contribution in [2.24, 2.45) is 5.92 Å². The standard InChI is InChI=1S/C16H18N6O/c1-12-9-18-11-22(16(12)23)10-13-3-6-21(7-4-13)15-14(8-17)2-5-19-20-15/h2,5,9,11,13H,3-4,6-7,10H2,1H3. The number of rotatable bonds is 3. The van der Waals surface area contributed by atoms with Crippen molar-refractivity contribution in [3.8, 4) is 6.07 Å². The van der Waals surface area contributed by atoms with Crippen LogP contribution in [-0.2, 0) is 6.54 Å². The van der Waals surface area contributed by atoms with Gasteiger partial charge in [-0.25, -0.2) is 4.98 Å². The molecular weight excluding hydrogens is 292 g/mol. The van der Waals surface area contributed by atoms with Gasteiger partial charge in [0.05, 0.1) is 18.1 Å². The summed E-state index contributed by atoms with van der Waals surface area (Å²) in [6.07, 6.45) is 6.63. The number of anilines is 1. The van der Waals surface area contributed by atoms with E-state index in [1.165, 1.54) is 6.20 Å². The number of aryl methyl sites for hydroxylation is 1. The van der Waals surface area contributed by atoms with Crippen LogP contribution in [0.3, 0.4) is 0 Å². The van der Waals surface area contributed by atoms with Crippen LogP contribution in [0, 0.1) is 24.2 Å². The summed E-state index contributed by atoms with van der Waals surface area (Å²) in [5.74, 6) is 1.08. The molecule has 0 aromatic carbocycles. The molecule has 1 aliphatic rings. The average Bonchev–Trinajstić information content (AvgIpc) is 2.59. The molecule has 0 spiro atoms. The molecule has 7 heteroatoms. The lowest BCUT2D eigenvalue weighted by molar-refractivity contribution is 0.349. The quantitative estimate of drug-likeness (QED) is 0.844. The number of hydrogen-bond donors (Lipinski definition) is 0. The van der Waals surface area contributed by atoms with Crippen LogP contribution in [0.5, 0.6) is 0 Å². The first kappa shape index (κ1) is 15.2. The number of piperidine rings is 1. The van der Waals surface area contributed by atoms with E-state index in [0.29, 0.717) is 29.4 Å². The average molecular weight is 310 g/mol. The van der Waals surface area contributed by atoms with E-state index in [2.05, 4.69) is 26.2 Å². The molecule has 2 aromatic heterocycles. The molecule has 2 aromatic rings. The van der Waals surface area contributed by atoms with E-state index < -0.39 is 0 Å². The van der Waals surface area contributed by atoms with Gasteiger partial charge >= 0.3 is 0 Å². The van der Waals surface area contributed by atoms with Crippen LogP contribution in [0.15, 0.2) is 29.6 Å². The van der Waals surface area contributed by atoms with Gasteiger partial charge in [-0.1, -0.05) is 0 Å². The molecule has 0 saturated carbocycles. The van der Waals surface area contributed by atoms with Crippen LogP contribution < -0.4 is 10.5 Å². The molecule has 1 aliphatic heterocycles. The summed E-state index contributed by atoms with van der Waals surface area (Å²) in [7, 11) is 0. The minimum atomic E-state index is 0.0307. The Labute approximate surface area is 134 Å². The molecule has 1 fully saturated rings. The van der Waals surface area contributed by atoms with Crippen LogP contribution in [-0.4, -0.2) is 32.8 Å². The second kappa shape index (κ2) is 6.57. The highest BCUT2D eigenvalue weighted by Crippen LogP contribution is 2.24. The van der Waals surface area contributed by atoms with Gasteiger partial charge in [-0.05, 0) is 31.7 Å². The highest BCUT2D eigenvalue weighted by molar-refractivity contribution is 5.52. The van der Waals surface area contributed by atoms with Gasteiger partial charge in [-0.3, -0.25) is 9.36 Å². The second-order valence-electron chi connectivity index (χ2n) is 5.84.